The van der Waals surface area contributed by atoms with Gasteiger partial charge in [0, 0.05) is 19.2 Å². The molecule has 19 heavy (non-hydrogen) atoms. The molecule has 106 valence electrons. The zero-order valence-corrected chi connectivity index (χ0v) is 11.3. The van der Waals surface area contributed by atoms with Crippen LogP contribution in [0.2, 0.25) is 0 Å². The molecule has 0 radical (unpaired) electrons. The Hall–Kier alpha value is -1.89. The summed E-state index contributed by atoms with van der Waals surface area (Å²) >= 11 is 0. The highest BCUT2D eigenvalue weighted by atomic mass is 16.3. The third-order valence-electron chi connectivity index (χ3n) is 3.00. The van der Waals surface area contributed by atoms with Crippen LogP contribution in [0.1, 0.15) is 25.8 Å². The Morgan fingerprint density at radius 2 is 1.95 bits per heavy atom. The number of aromatic amines is 2. The lowest BCUT2D eigenvalue weighted by Gasteiger charge is -2.13. The number of rotatable bonds is 7. The summed E-state index contributed by atoms with van der Waals surface area (Å²) in [6.45, 7) is 8.06. The largest absolute Gasteiger partial charge is 0.494 e. The number of nitrogens with zero attached hydrogens (tertiary/aromatic N) is 1. The molecular formula is C12H21N4O3+. The van der Waals surface area contributed by atoms with Crippen LogP contribution in [-0.2, 0) is 0 Å². The van der Waals surface area contributed by atoms with Gasteiger partial charge in [-0.2, -0.15) is 0 Å². The Balaban J connectivity index is 2.54. The van der Waals surface area contributed by atoms with Gasteiger partial charge in [0.2, 0.25) is 5.88 Å². The molecule has 1 heterocycles. The molecule has 0 aliphatic heterocycles. The van der Waals surface area contributed by atoms with E-state index in [-0.39, 0.29) is 5.56 Å². The van der Waals surface area contributed by atoms with E-state index >= 15 is 0 Å². The molecule has 0 atom stereocenters. The zero-order valence-electron chi connectivity index (χ0n) is 11.3. The number of quaternary nitrogens is 1. The van der Waals surface area contributed by atoms with Crippen molar-refractivity contribution in [2.45, 2.75) is 20.3 Å². The van der Waals surface area contributed by atoms with Gasteiger partial charge in [-0.05, 0) is 13.8 Å². The molecule has 0 aromatic carbocycles. The standard InChI is InChI=1S/C12H20N4O3/c1-3-16(4-2)7-5-6-13-8-9-10(17)14-12(19)15-11(9)18/h8H,3-7H2,1-2H3,(H3,14,15,17,18,19)/p+1. The van der Waals surface area contributed by atoms with Crippen LogP contribution in [0.4, 0.5) is 0 Å². The summed E-state index contributed by atoms with van der Waals surface area (Å²) in [4.78, 5) is 32.0. The van der Waals surface area contributed by atoms with Crippen LogP contribution in [0, 0.1) is 0 Å². The quantitative estimate of drug-likeness (QED) is 0.358. The zero-order chi connectivity index (χ0) is 14.3. The molecule has 0 spiro atoms. The van der Waals surface area contributed by atoms with Crippen molar-refractivity contribution in [3.8, 4) is 5.88 Å². The van der Waals surface area contributed by atoms with Crippen LogP contribution in [0.5, 0.6) is 5.88 Å². The number of aromatic hydroxyl groups is 1. The number of nitrogens with one attached hydrogen (secondary N) is 3. The second kappa shape index (κ2) is 7.52. The smallest absolute Gasteiger partial charge is 0.328 e. The number of hydrogen-bond donors (Lipinski definition) is 4. The molecule has 0 saturated carbocycles. The van der Waals surface area contributed by atoms with Gasteiger partial charge in [-0.1, -0.05) is 0 Å². The number of H-pyrrole nitrogens is 2. The van der Waals surface area contributed by atoms with Crippen LogP contribution in [0.3, 0.4) is 0 Å². The van der Waals surface area contributed by atoms with Crippen LogP contribution in [-0.4, -0.2) is 47.5 Å². The van der Waals surface area contributed by atoms with Gasteiger partial charge in [0.1, 0.15) is 5.56 Å². The average Bonchev–Trinajstić information content (AvgIpc) is 2.36. The van der Waals surface area contributed by atoms with E-state index in [1.165, 1.54) is 11.1 Å². The van der Waals surface area contributed by atoms with Gasteiger partial charge < -0.3 is 10.0 Å². The van der Waals surface area contributed by atoms with Crippen LogP contribution in [0.25, 0.3) is 0 Å². The number of aliphatic imine (C=N–C) groups is 1. The maximum Gasteiger partial charge on any atom is 0.328 e. The summed E-state index contributed by atoms with van der Waals surface area (Å²) in [6, 6.07) is 0. The van der Waals surface area contributed by atoms with E-state index in [1.54, 1.807) is 0 Å². The van der Waals surface area contributed by atoms with Crippen LogP contribution < -0.4 is 16.1 Å². The summed E-state index contributed by atoms with van der Waals surface area (Å²) in [6.07, 6.45) is 2.21. The Morgan fingerprint density at radius 3 is 2.53 bits per heavy atom. The summed E-state index contributed by atoms with van der Waals surface area (Å²) < 4.78 is 0. The van der Waals surface area contributed by atoms with Gasteiger partial charge in [0.15, 0.2) is 0 Å². The molecule has 0 aliphatic rings. The minimum absolute atomic E-state index is 0.0187. The Morgan fingerprint density at radius 1 is 1.26 bits per heavy atom. The van der Waals surface area contributed by atoms with Gasteiger partial charge in [-0.25, -0.2) is 4.79 Å². The van der Waals surface area contributed by atoms with Crippen molar-refractivity contribution >= 4 is 6.21 Å². The third kappa shape index (κ3) is 4.70. The molecular weight excluding hydrogens is 248 g/mol. The average molecular weight is 269 g/mol. The monoisotopic (exact) mass is 269 g/mol. The van der Waals surface area contributed by atoms with E-state index < -0.39 is 17.1 Å². The van der Waals surface area contributed by atoms with Gasteiger partial charge in [-0.3, -0.25) is 19.8 Å². The SMILES string of the molecule is CC[NH+](CC)CCCN=Cc1c(O)[nH]c(=O)[nH]c1=O. The maximum atomic E-state index is 11.4. The van der Waals surface area contributed by atoms with Crippen molar-refractivity contribution in [3.63, 3.8) is 0 Å². The maximum absolute atomic E-state index is 11.4. The molecule has 0 saturated heterocycles. The summed E-state index contributed by atoms with van der Waals surface area (Å²) in [5, 5.41) is 9.42. The molecule has 1 rings (SSSR count). The normalized spacial score (nSPS) is 11.5. The lowest BCUT2D eigenvalue weighted by molar-refractivity contribution is -0.896. The fourth-order valence-corrected chi connectivity index (χ4v) is 1.78. The molecule has 0 unspecified atom stereocenters. The molecule has 1 aromatic heterocycles. The minimum atomic E-state index is -0.732. The molecule has 0 aliphatic carbocycles. The van der Waals surface area contributed by atoms with Crippen LogP contribution in [0.15, 0.2) is 14.6 Å². The summed E-state index contributed by atoms with van der Waals surface area (Å²) in [7, 11) is 0. The second-order valence-electron chi connectivity index (χ2n) is 4.27. The van der Waals surface area contributed by atoms with Crippen molar-refractivity contribution in [1.82, 2.24) is 9.97 Å². The van der Waals surface area contributed by atoms with Crippen molar-refractivity contribution in [2.75, 3.05) is 26.2 Å². The lowest BCUT2D eigenvalue weighted by Crippen LogP contribution is -3.11. The Kier molecular flexibility index (Phi) is 6.01. The van der Waals surface area contributed by atoms with Crippen molar-refractivity contribution in [1.29, 1.82) is 0 Å². The fourth-order valence-electron chi connectivity index (χ4n) is 1.78. The molecule has 0 bridgehead atoms. The van der Waals surface area contributed by atoms with Gasteiger partial charge in [0.05, 0.1) is 19.6 Å². The van der Waals surface area contributed by atoms with Crippen molar-refractivity contribution < 1.29 is 10.0 Å². The number of aromatic nitrogens is 2. The highest BCUT2D eigenvalue weighted by Crippen LogP contribution is 2.00. The second-order valence-corrected chi connectivity index (χ2v) is 4.27. The predicted octanol–water partition coefficient (Wildman–Crippen LogP) is -1.50. The van der Waals surface area contributed by atoms with E-state index in [0.717, 1.165) is 26.1 Å². The Bertz CT molecular complexity index is 529. The van der Waals surface area contributed by atoms with E-state index in [4.69, 9.17) is 0 Å². The third-order valence-corrected chi connectivity index (χ3v) is 3.00. The van der Waals surface area contributed by atoms with Gasteiger partial charge >= 0.3 is 5.69 Å². The van der Waals surface area contributed by atoms with E-state index in [9.17, 15) is 14.7 Å². The molecule has 1 aromatic rings. The first-order valence-electron chi connectivity index (χ1n) is 6.47. The molecule has 4 N–H and O–H groups in total. The molecule has 7 heteroatoms. The van der Waals surface area contributed by atoms with Gasteiger partial charge in [-0.15, -0.1) is 0 Å². The molecule has 0 fully saturated rings. The first-order valence-corrected chi connectivity index (χ1v) is 6.47. The molecule has 0 amide bonds. The first-order chi connectivity index (χ1) is 9.08. The predicted molar refractivity (Wildman–Crippen MR) is 73.3 cm³/mol. The Labute approximate surface area is 111 Å². The van der Waals surface area contributed by atoms with Crippen molar-refractivity contribution in [2.24, 2.45) is 4.99 Å². The highest BCUT2D eigenvalue weighted by Gasteiger charge is 2.05. The summed E-state index contributed by atoms with van der Waals surface area (Å²) in [5.41, 5.74) is -1.39. The minimum Gasteiger partial charge on any atom is -0.494 e. The van der Waals surface area contributed by atoms with Crippen LogP contribution >= 0.6 is 0 Å². The topological polar surface area (TPSA) is 103 Å². The fraction of sp³-hybridized carbons (Fsp3) is 0.583. The summed E-state index contributed by atoms with van der Waals surface area (Å²) in [5.74, 6) is -0.452. The molecule has 7 nitrogen and oxygen atoms in total. The van der Waals surface area contributed by atoms with E-state index in [2.05, 4.69) is 23.8 Å². The van der Waals surface area contributed by atoms with Gasteiger partial charge in [0.25, 0.3) is 5.56 Å². The first kappa shape index (κ1) is 15.2. The number of hydrogen-bond acceptors (Lipinski definition) is 4. The van der Waals surface area contributed by atoms with E-state index in [0.29, 0.717) is 6.54 Å². The van der Waals surface area contributed by atoms with Crippen molar-refractivity contribution in [3.05, 3.63) is 26.4 Å². The highest BCUT2D eigenvalue weighted by molar-refractivity contribution is 5.81. The van der Waals surface area contributed by atoms with E-state index in [1.807, 2.05) is 4.98 Å². The lowest BCUT2D eigenvalue weighted by atomic mass is 10.3.